The Morgan fingerprint density at radius 2 is 1.68 bits per heavy atom. The van der Waals surface area contributed by atoms with E-state index in [1.807, 2.05) is 24.3 Å². The van der Waals surface area contributed by atoms with Gasteiger partial charge in [0.2, 0.25) is 17.7 Å². The molecular formula is C16H20N2O3S. The monoisotopic (exact) mass is 320 g/mol. The molecule has 0 saturated carbocycles. The molecule has 1 heterocycles. The second-order valence-corrected chi connectivity index (χ2v) is 6.97. The van der Waals surface area contributed by atoms with Crippen LogP contribution in [0.25, 0.3) is 0 Å². The summed E-state index contributed by atoms with van der Waals surface area (Å²) in [6.45, 7) is 5.33. The van der Waals surface area contributed by atoms with Crippen LogP contribution < -0.4 is 5.32 Å². The number of rotatable bonds is 4. The Balaban J connectivity index is 2.00. The molecule has 1 aliphatic rings. The van der Waals surface area contributed by atoms with Gasteiger partial charge in [0.25, 0.3) is 0 Å². The fourth-order valence-electron chi connectivity index (χ4n) is 2.29. The minimum absolute atomic E-state index is 0.234. The van der Waals surface area contributed by atoms with Crippen molar-refractivity contribution in [2.24, 2.45) is 0 Å². The van der Waals surface area contributed by atoms with E-state index in [4.69, 9.17) is 0 Å². The van der Waals surface area contributed by atoms with Crippen LogP contribution in [-0.2, 0) is 20.8 Å². The first kappa shape index (κ1) is 16.5. The van der Waals surface area contributed by atoms with Gasteiger partial charge in [-0.05, 0) is 38.0 Å². The standard InChI is InChI=1S/C16H20N2O3S/c1-4-12-5-7-13(8-6-12)17-14(19)9-18-15(20)10(2)22-11(3)16(18)21/h5-8,10-11H,4,9H2,1-3H3,(H,17,19). The van der Waals surface area contributed by atoms with Crippen LogP contribution in [0.4, 0.5) is 5.69 Å². The quantitative estimate of drug-likeness (QED) is 0.863. The molecule has 22 heavy (non-hydrogen) atoms. The molecular weight excluding hydrogens is 300 g/mol. The topological polar surface area (TPSA) is 66.5 Å². The molecule has 1 fully saturated rings. The lowest BCUT2D eigenvalue weighted by Crippen LogP contribution is -2.52. The summed E-state index contributed by atoms with van der Waals surface area (Å²) in [6.07, 6.45) is 0.929. The number of nitrogens with zero attached hydrogens (tertiary/aromatic N) is 1. The highest BCUT2D eigenvalue weighted by atomic mass is 32.2. The zero-order valence-electron chi connectivity index (χ0n) is 13.0. The Morgan fingerprint density at radius 1 is 1.14 bits per heavy atom. The average Bonchev–Trinajstić information content (AvgIpc) is 2.50. The molecule has 0 aliphatic carbocycles. The number of anilines is 1. The minimum atomic E-state index is -0.364. The van der Waals surface area contributed by atoms with Crippen molar-refractivity contribution in [3.8, 4) is 0 Å². The molecule has 0 radical (unpaired) electrons. The Morgan fingerprint density at radius 3 is 2.18 bits per heavy atom. The highest BCUT2D eigenvalue weighted by molar-refractivity contribution is 8.02. The number of nitrogens with one attached hydrogen (secondary N) is 1. The molecule has 6 heteroatoms. The van der Waals surface area contributed by atoms with Crippen molar-refractivity contribution >= 4 is 35.2 Å². The summed E-state index contributed by atoms with van der Waals surface area (Å²) in [5.41, 5.74) is 1.84. The van der Waals surface area contributed by atoms with Crippen molar-refractivity contribution in [2.75, 3.05) is 11.9 Å². The van der Waals surface area contributed by atoms with E-state index in [1.54, 1.807) is 13.8 Å². The summed E-state index contributed by atoms with van der Waals surface area (Å²) in [5, 5.41) is 2.12. The Bertz CT molecular complexity index is 566. The van der Waals surface area contributed by atoms with Crippen LogP contribution in [0.2, 0.25) is 0 Å². The molecule has 1 aromatic rings. The first-order chi connectivity index (χ1) is 10.4. The van der Waals surface area contributed by atoms with Gasteiger partial charge >= 0.3 is 0 Å². The summed E-state index contributed by atoms with van der Waals surface area (Å²) >= 11 is 1.32. The maximum atomic E-state index is 12.1. The van der Waals surface area contributed by atoms with Crippen LogP contribution in [-0.4, -0.2) is 39.7 Å². The molecule has 2 rings (SSSR count). The number of imide groups is 1. The van der Waals surface area contributed by atoms with Crippen LogP contribution in [0, 0.1) is 0 Å². The highest BCUT2D eigenvalue weighted by Crippen LogP contribution is 2.26. The largest absolute Gasteiger partial charge is 0.325 e. The van der Waals surface area contributed by atoms with Crippen LogP contribution in [0.1, 0.15) is 26.3 Å². The average molecular weight is 320 g/mol. The van der Waals surface area contributed by atoms with Crippen molar-refractivity contribution in [3.63, 3.8) is 0 Å². The Labute approximate surface area is 134 Å². The Hall–Kier alpha value is -1.82. The normalized spacial score (nSPS) is 21.9. The van der Waals surface area contributed by atoms with Crippen LogP contribution in [0.3, 0.4) is 0 Å². The molecule has 118 valence electrons. The molecule has 3 amide bonds. The molecule has 0 bridgehead atoms. The van der Waals surface area contributed by atoms with E-state index in [1.165, 1.54) is 17.3 Å². The zero-order valence-corrected chi connectivity index (χ0v) is 13.8. The zero-order chi connectivity index (χ0) is 16.3. The van der Waals surface area contributed by atoms with Gasteiger partial charge in [0, 0.05) is 5.69 Å². The smallest absolute Gasteiger partial charge is 0.244 e. The number of aryl methyl sites for hydroxylation is 1. The molecule has 1 aliphatic heterocycles. The lowest BCUT2D eigenvalue weighted by Gasteiger charge is -2.31. The second kappa shape index (κ2) is 6.96. The predicted molar refractivity (Wildman–Crippen MR) is 87.7 cm³/mol. The van der Waals surface area contributed by atoms with Crippen molar-refractivity contribution in [1.82, 2.24) is 4.90 Å². The fourth-order valence-corrected chi connectivity index (χ4v) is 3.39. The molecule has 1 saturated heterocycles. The van der Waals surface area contributed by atoms with Gasteiger partial charge in [-0.2, -0.15) is 0 Å². The van der Waals surface area contributed by atoms with E-state index in [9.17, 15) is 14.4 Å². The van der Waals surface area contributed by atoms with Gasteiger partial charge in [0.05, 0.1) is 10.5 Å². The van der Waals surface area contributed by atoms with Gasteiger partial charge in [0.1, 0.15) is 6.54 Å². The minimum Gasteiger partial charge on any atom is -0.325 e. The summed E-state index contributed by atoms with van der Waals surface area (Å²) in [7, 11) is 0. The molecule has 2 unspecified atom stereocenters. The van der Waals surface area contributed by atoms with E-state index in [-0.39, 0.29) is 34.8 Å². The Kier molecular flexibility index (Phi) is 5.24. The third kappa shape index (κ3) is 3.68. The third-order valence-electron chi connectivity index (χ3n) is 3.58. The van der Waals surface area contributed by atoms with Gasteiger partial charge in [-0.3, -0.25) is 19.3 Å². The maximum Gasteiger partial charge on any atom is 0.244 e. The van der Waals surface area contributed by atoms with Crippen molar-refractivity contribution in [3.05, 3.63) is 29.8 Å². The van der Waals surface area contributed by atoms with Crippen LogP contribution in [0.15, 0.2) is 24.3 Å². The van der Waals surface area contributed by atoms with Gasteiger partial charge < -0.3 is 5.32 Å². The number of amides is 3. The number of carbonyl (C=O) groups is 3. The van der Waals surface area contributed by atoms with E-state index >= 15 is 0 Å². The third-order valence-corrected chi connectivity index (χ3v) is 4.80. The van der Waals surface area contributed by atoms with E-state index in [0.717, 1.165) is 11.3 Å². The van der Waals surface area contributed by atoms with E-state index in [0.29, 0.717) is 5.69 Å². The van der Waals surface area contributed by atoms with Crippen LogP contribution in [0.5, 0.6) is 0 Å². The van der Waals surface area contributed by atoms with E-state index < -0.39 is 0 Å². The van der Waals surface area contributed by atoms with Crippen molar-refractivity contribution in [1.29, 1.82) is 0 Å². The molecule has 5 nitrogen and oxygen atoms in total. The van der Waals surface area contributed by atoms with E-state index in [2.05, 4.69) is 12.2 Å². The number of hydrogen-bond donors (Lipinski definition) is 1. The SMILES string of the molecule is CCc1ccc(NC(=O)CN2C(=O)C(C)SC(C)C2=O)cc1. The summed E-state index contributed by atoms with van der Waals surface area (Å²) < 4.78 is 0. The number of carbonyl (C=O) groups excluding carboxylic acids is 3. The first-order valence-electron chi connectivity index (χ1n) is 7.31. The molecule has 0 aromatic heterocycles. The van der Waals surface area contributed by atoms with Gasteiger partial charge in [-0.15, -0.1) is 11.8 Å². The summed E-state index contributed by atoms with van der Waals surface area (Å²) in [5.74, 6) is -0.966. The summed E-state index contributed by atoms with van der Waals surface area (Å²) in [4.78, 5) is 37.2. The summed E-state index contributed by atoms with van der Waals surface area (Å²) in [6, 6.07) is 7.51. The van der Waals surface area contributed by atoms with Crippen LogP contribution >= 0.6 is 11.8 Å². The van der Waals surface area contributed by atoms with Crippen molar-refractivity contribution < 1.29 is 14.4 Å². The van der Waals surface area contributed by atoms with Gasteiger partial charge in [0.15, 0.2) is 0 Å². The lowest BCUT2D eigenvalue weighted by atomic mass is 10.1. The number of hydrogen-bond acceptors (Lipinski definition) is 4. The molecule has 1 aromatic carbocycles. The molecule has 2 atom stereocenters. The number of thioether (sulfide) groups is 1. The predicted octanol–water partition coefficient (Wildman–Crippen LogP) is 2.07. The van der Waals surface area contributed by atoms with Crippen molar-refractivity contribution in [2.45, 2.75) is 37.7 Å². The highest BCUT2D eigenvalue weighted by Gasteiger charge is 2.37. The maximum absolute atomic E-state index is 12.1. The first-order valence-corrected chi connectivity index (χ1v) is 8.26. The lowest BCUT2D eigenvalue weighted by molar-refractivity contribution is -0.147. The van der Waals surface area contributed by atoms with Gasteiger partial charge in [-0.25, -0.2) is 0 Å². The second-order valence-electron chi connectivity index (χ2n) is 5.28. The fraction of sp³-hybridized carbons (Fsp3) is 0.438. The molecule has 0 spiro atoms. The number of benzene rings is 1. The molecule has 1 N–H and O–H groups in total. The van der Waals surface area contributed by atoms with Gasteiger partial charge in [-0.1, -0.05) is 19.1 Å².